The normalized spacial score (nSPS) is 11.5. The van der Waals surface area contributed by atoms with Crippen LogP contribution >= 0.6 is 0 Å². The summed E-state index contributed by atoms with van der Waals surface area (Å²) in [6.07, 6.45) is 18.3. The molecule has 1 aromatic rings. The Labute approximate surface area is 213 Å². The molecular weight excluding hydrogens is 396 g/mol. The molecule has 0 aliphatic heterocycles. The predicted molar refractivity (Wildman–Crippen MR) is 160 cm³/mol. The van der Waals surface area contributed by atoms with Gasteiger partial charge in [-0.15, -0.1) is 6.58 Å². The Morgan fingerprint density at radius 2 is 1.12 bits per heavy atom. The van der Waals surface area contributed by atoms with Crippen LogP contribution in [0, 0.1) is 24.7 Å². The summed E-state index contributed by atoms with van der Waals surface area (Å²) in [5.74, 6) is 2.58. The van der Waals surface area contributed by atoms with Crippen LogP contribution in [0.1, 0.15) is 145 Å². The van der Waals surface area contributed by atoms with Gasteiger partial charge in [0.1, 0.15) is 0 Å². The fourth-order valence-electron chi connectivity index (χ4n) is 4.47. The van der Waals surface area contributed by atoms with E-state index < -0.39 is 0 Å². The molecule has 0 saturated carbocycles. The van der Waals surface area contributed by atoms with Crippen LogP contribution in [-0.4, -0.2) is 0 Å². The van der Waals surface area contributed by atoms with Crippen molar-refractivity contribution in [3.8, 4) is 0 Å². The summed E-state index contributed by atoms with van der Waals surface area (Å²) < 4.78 is 0. The third kappa shape index (κ3) is 21.2. The lowest BCUT2D eigenvalue weighted by molar-refractivity contribution is 0.247. The van der Waals surface area contributed by atoms with Crippen molar-refractivity contribution in [1.29, 1.82) is 0 Å². The zero-order valence-corrected chi connectivity index (χ0v) is 22.8. The van der Waals surface area contributed by atoms with Gasteiger partial charge in [-0.05, 0) is 49.5 Å². The van der Waals surface area contributed by atoms with E-state index in [1.807, 2.05) is 13.8 Å². The summed E-state index contributed by atoms with van der Waals surface area (Å²) in [6.45, 7) is 21.6. The smallest absolute Gasteiger partial charge is 0.0233 e. The molecule has 33 heavy (non-hydrogen) atoms. The first-order chi connectivity index (χ1) is 15.1. The van der Waals surface area contributed by atoms with Gasteiger partial charge in [0, 0.05) is 0 Å². The molecule has 0 spiro atoms. The van der Waals surface area contributed by atoms with E-state index in [0.29, 0.717) is 5.92 Å². The number of aryl methyl sites for hydroxylation is 2. The molecule has 0 bridgehead atoms. The van der Waals surface area contributed by atoms with Gasteiger partial charge in [0.05, 0.1) is 0 Å². The zero-order valence-electron chi connectivity index (χ0n) is 22.8. The van der Waals surface area contributed by atoms with Crippen LogP contribution in [0.4, 0.5) is 0 Å². The molecule has 0 aromatic heterocycles. The lowest BCUT2D eigenvalue weighted by Gasteiger charge is -2.27. The molecule has 0 aliphatic carbocycles. The fraction of sp³-hybridized carbons (Fsp3) is 0.758. The highest BCUT2D eigenvalue weighted by Gasteiger charge is 2.19. The molecule has 0 saturated heterocycles. The minimum Gasteiger partial charge on any atom is -0.103 e. The van der Waals surface area contributed by atoms with E-state index in [0.717, 1.165) is 11.8 Å². The minimum absolute atomic E-state index is 0. The Bertz CT molecular complexity index is 463. The lowest BCUT2D eigenvalue weighted by atomic mass is 9.79. The van der Waals surface area contributed by atoms with E-state index in [-0.39, 0.29) is 14.9 Å². The van der Waals surface area contributed by atoms with Gasteiger partial charge in [0.15, 0.2) is 0 Å². The van der Waals surface area contributed by atoms with E-state index in [2.05, 4.69) is 78.5 Å². The van der Waals surface area contributed by atoms with Crippen LogP contribution in [0.25, 0.3) is 0 Å². The van der Waals surface area contributed by atoms with Gasteiger partial charge in [-0.2, -0.15) is 0 Å². The summed E-state index contributed by atoms with van der Waals surface area (Å²) in [5.41, 5.74) is 2.82. The topological polar surface area (TPSA) is 0 Å². The van der Waals surface area contributed by atoms with Crippen LogP contribution in [-0.2, 0) is 6.42 Å². The first-order valence-electron chi connectivity index (χ1n) is 13.7. The van der Waals surface area contributed by atoms with Crippen molar-refractivity contribution in [3.63, 3.8) is 0 Å². The summed E-state index contributed by atoms with van der Waals surface area (Å²) in [6, 6.07) is 9.03. The summed E-state index contributed by atoms with van der Waals surface area (Å²) in [5, 5.41) is 0. The molecule has 0 N–H and O–H groups in total. The fourth-order valence-corrected chi connectivity index (χ4v) is 4.47. The SMILES string of the molecule is C.C.C=CC(CCCC(CCC)C(CCC)CCC)CCc1ccc(C)cc1.CC.CCC. The van der Waals surface area contributed by atoms with Crippen LogP contribution in [0.15, 0.2) is 36.9 Å². The van der Waals surface area contributed by atoms with Gasteiger partial charge < -0.3 is 0 Å². The summed E-state index contributed by atoms with van der Waals surface area (Å²) >= 11 is 0. The molecule has 2 unspecified atom stereocenters. The second-order valence-electron chi connectivity index (χ2n) is 9.04. The van der Waals surface area contributed by atoms with Crippen LogP contribution in [0.3, 0.4) is 0 Å². The Morgan fingerprint density at radius 3 is 1.52 bits per heavy atom. The quantitative estimate of drug-likeness (QED) is 0.227. The molecular formula is C33H66. The standard InChI is InChI=1S/C26H44.C3H8.C2H6.2CH4/c1-6-11-25(12-7-2)26(13-8-3)15-10-14-23(9-4)20-21-24-18-16-22(5)17-19-24;1-3-2;1-2;;/h9,16-19,23,25-26H,4,6-8,10-15,20-21H2,1-3,5H3;3H2,1-2H3;1-2H3;2*1H4. The maximum Gasteiger partial charge on any atom is -0.0233 e. The van der Waals surface area contributed by atoms with Gasteiger partial charge in [-0.3, -0.25) is 0 Å². The number of rotatable bonds is 15. The third-order valence-electron chi connectivity index (χ3n) is 6.05. The summed E-state index contributed by atoms with van der Waals surface area (Å²) in [7, 11) is 0. The van der Waals surface area contributed by atoms with Gasteiger partial charge in [-0.1, -0.05) is 157 Å². The Morgan fingerprint density at radius 1 is 0.697 bits per heavy atom. The van der Waals surface area contributed by atoms with Crippen molar-refractivity contribution in [1.82, 2.24) is 0 Å². The van der Waals surface area contributed by atoms with Crippen LogP contribution < -0.4 is 0 Å². The second kappa shape index (κ2) is 29.0. The molecule has 0 amide bonds. The monoisotopic (exact) mass is 463 g/mol. The Balaban J connectivity index is -0.000000553. The van der Waals surface area contributed by atoms with Crippen molar-refractivity contribution in [2.45, 2.75) is 147 Å². The highest BCUT2D eigenvalue weighted by molar-refractivity contribution is 5.21. The van der Waals surface area contributed by atoms with Crippen molar-refractivity contribution >= 4 is 0 Å². The van der Waals surface area contributed by atoms with Crippen LogP contribution in [0.2, 0.25) is 0 Å². The number of allylic oxidation sites excluding steroid dienone is 1. The van der Waals surface area contributed by atoms with Gasteiger partial charge in [0.2, 0.25) is 0 Å². The highest BCUT2D eigenvalue weighted by Crippen LogP contribution is 2.32. The average Bonchev–Trinajstić information content (AvgIpc) is 2.78. The molecule has 0 radical (unpaired) electrons. The molecule has 1 rings (SSSR count). The van der Waals surface area contributed by atoms with Gasteiger partial charge in [0.25, 0.3) is 0 Å². The first-order valence-corrected chi connectivity index (χ1v) is 13.7. The maximum absolute atomic E-state index is 4.12. The largest absolute Gasteiger partial charge is 0.103 e. The molecule has 0 heterocycles. The average molecular weight is 463 g/mol. The van der Waals surface area contributed by atoms with E-state index in [1.54, 1.807) is 0 Å². The van der Waals surface area contributed by atoms with Gasteiger partial charge >= 0.3 is 0 Å². The Hall–Kier alpha value is -1.04. The molecule has 0 nitrogen and oxygen atoms in total. The number of benzene rings is 1. The van der Waals surface area contributed by atoms with E-state index >= 15 is 0 Å². The van der Waals surface area contributed by atoms with Gasteiger partial charge in [-0.25, -0.2) is 0 Å². The molecule has 198 valence electrons. The zero-order chi connectivity index (χ0) is 23.9. The van der Waals surface area contributed by atoms with E-state index in [9.17, 15) is 0 Å². The number of hydrogen-bond donors (Lipinski definition) is 0. The highest BCUT2D eigenvalue weighted by atomic mass is 14.2. The van der Waals surface area contributed by atoms with Crippen molar-refractivity contribution in [2.24, 2.45) is 17.8 Å². The minimum atomic E-state index is 0. The number of hydrogen-bond acceptors (Lipinski definition) is 0. The molecule has 1 aromatic carbocycles. The lowest BCUT2D eigenvalue weighted by Crippen LogP contribution is -2.15. The molecule has 2 atom stereocenters. The maximum atomic E-state index is 4.12. The molecule has 0 fully saturated rings. The third-order valence-corrected chi connectivity index (χ3v) is 6.05. The van der Waals surface area contributed by atoms with Crippen LogP contribution in [0.5, 0.6) is 0 Å². The summed E-state index contributed by atoms with van der Waals surface area (Å²) in [4.78, 5) is 0. The van der Waals surface area contributed by atoms with E-state index in [4.69, 9.17) is 0 Å². The molecule has 0 heteroatoms. The van der Waals surface area contributed by atoms with Crippen molar-refractivity contribution in [3.05, 3.63) is 48.0 Å². The predicted octanol–water partition coefficient (Wildman–Crippen LogP) is 12.2. The van der Waals surface area contributed by atoms with Crippen molar-refractivity contribution in [2.75, 3.05) is 0 Å². The second-order valence-corrected chi connectivity index (χ2v) is 9.04. The van der Waals surface area contributed by atoms with Crippen molar-refractivity contribution < 1.29 is 0 Å². The van der Waals surface area contributed by atoms with E-state index in [1.165, 1.54) is 88.2 Å². The Kier molecular flexibility index (Phi) is 34.4. The first kappa shape index (κ1) is 39.2. The molecule has 0 aliphatic rings.